The van der Waals surface area contributed by atoms with Gasteiger partial charge in [-0.25, -0.2) is 18.4 Å². The van der Waals surface area contributed by atoms with Crippen molar-refractivity contribution in [2.75, 3.05) is 12.0 Å². The summed E-state index contributed by atoms with van der Waals surface area (Å²) in [5.41, 5.74) is 6.90. The number of halogens is 3. The zero-order valence-corrected chi connectivity index (χ0v) is 14.8. The highest BCUT2D eigenvalue weighted by molar-refractivity contribution is 7.90. The Morgan fingerprint density at radius 3 is 2.00 bits per heavy atom. The van der Waals surface area contributed by atoms with Gasteiger partial charge in [0.2, 0.25) is 5.82 Å². The summed E-state index contributed by atoms with van der Waals surface area (Å²) in [5.74, 6) is -1.67. The fourth-order valence-electron chi connectivity index (χ4n) is 2.56. The third-order valence-corrected chi connectivity index (χ3v) is 4.94. The van der Waals surface area contributed by atoms with Crippen LogP contribution in [0.4, 0.5) is 19.0 Å². The molecule has 3 rings (SSSR count). The fourth-order valence-corrected chi connectivity index (χ4v) is 3.19. The number of benzene rings is 2. The minimum atomic E-state index is -4.77. The quantitative estimate of drug-likeness (QED) is 0.731. The Kier molecular flexibility index (Phi) is 4.64. The van der Waals surface area contributed by atoms with Crippen LogP contribution in [0.2, 0.25) is 0 Å². The van der Waals surface area contributed by atoms with Crippen molar-refractivity contribution in [2.24, 2.45) is 0 Å². The lowest BCUT2D eigenvalue weighted by atomic mass is 9.99. The van der Waals surface area contributed by atoms with Gasteiger partial charge >= 0.3 is 6.18 Å². The van der Waals surface area contributed by atoms with Crippen molar-refractivity contribution in [1.29, 1.82) is 0 Å². The summed E-state index contributed by atoms with van der Waals surface area (Å²) in [7, 11) is -3.44. The maximum absolute atomic E-state index is 13.2. The van der Waals surface area contributed by atoms with Gasteiger partial charge in [-0.05, 0) is 17.7 Å². The number of anilines is 1. The van der Waals surface area contributed by atoms with Crippen LogP contribution in [-0.2, 0) is 16.0 Å². The Morgan fingerprint density at radius 1 is 0.889 bits per heavy atom. The van der Waals surface area contributed by atoms with Crippen molar-refractivity contribution >= 4 is 15.7 Å². The second kappa shape index (κ2) is 6.66. The Bertz CT molecular complexity index is 1080. The molecule has 0 bridgehead atoms. The van der Waals surface area contributed by atoms with Gasteiger partial charge < -0.3 is 5.73 Å². The first kappa shape index (κ1) is 18.8. The molecule has 140 valence electrons. The van der Waals surface area contributed by atoms with Crippen LogP contribution < -0.4 is 5.73 Å². The second-order valence-corrected chi connectivity index (χ2v) is 7.83. The summed E-state index contributed by atoms with van der Waals surface area (Å²) >= 11 is 0. The standard InChI is InChI=1S/C18H14F3N3O2S/c1-27(25,26)13-9-7-12(8-10-13)15-14(11-5-3-2-4-6-11)16(22)24-17(23-15)18(19,20)21/h2-10H,1H3,(H2,22,23,24). The largest absolute Gasteiger partial charge is 0.451 e. The highest BCUT2D eigenvalue weighted by Gasteiger charge is 2.36. The molecule has 0 aliphatic heterocycles. The molecule has 0 radical (unpaired) electrons. The maximum atomic E-state index is 13.2. The molecule has 1 heterocycles. The van der Waals surface area contributed by atoms with Gasteiger partial charge in [0.1, 0.15) is 5.82 Å². The van der Waals surface area contributed by atoms with E-state index in [4.69, 9.17) is 5.73 Å². The van der Waals surface area contributed by atoms with Crippen molar-refractivity contribution in [3.63, 3.8) is 0 Å². The molecule has 2 aromatic carbocycles. The monoisotopic (exact) mass is 393 g/mol. The number of hydrogen-bond donors (Lipinski definition) is 1. The molecule has 9 heteroatoms. The molecule has 0 saturated heterocycles. The maximum Gasteiger partial charge on any atom is 0.451 e. The number of aromatic nitrogens is 2. The summed E-state index contributed by atoms with van der Waals surface area (Å²) < 4.78 is 62.7. The van der Waals surface area contributed by atoms with E-state index in [2.05, 4.69) is 9.97 Å². The number of sulfone groups is 1. The predicted octanol–water partition coefficient (Wildman–Crippen LogP) is 3.82. The van der Waals surface area contributed by atoms with Crippen LogP contribution in [0.3, 0.4) is 0 Å². The van der Waals surface area contributed by atoms with Crippen LogP contribution in [0.15, 0.2) is 59.5 Å². The molecule has 0 saturated carbocycles. The van der Waals surface area contributed by atoms with E-state index in [-0.39, 0.29) is 22.0 Å². The number of nitrogens with two attached hydrogens (primary N) is 1. The van der Waals surface area contributed by atoms with Crippen LogP contribution in [0, 0.1) is 0 Å². The van der Waals surface area contributed by atoms with Crippen molar-refractivity contribution in [3.8, 4) is 22.4 Å². The fraction of sp³-hybridized carbons (Fsp3) is 0.111. The third-order valence-electron chi connectivity index (χ3n) is 3.81. The van der Waals surface area contributed by atoms with E-state index in [0.29, 0.717) is 11.1 Å². The highest BCUT2D eigenvalue weighted by Crippen LogP contribution is 2.37. The van der Waals surface area contributed by atoms with Crippen molar-refractivity contribution < 1.29 is 21.6 Å². The minimum Gasteiger partial charge on any atom is -0.383 e. The van der Waals surface area contributed by atoms with Gasteiger partial charge in [0.15, 0.2) is 9.84 Å². The number of rotatable bonds is 3. The molecular weight excluding hydrogens is 379 g/mol. The Hall–Kier alpha value is -2.94. The van der Waals surface area contributed by atoms with Gasteiger partial charge in [-0.15, -0.1) is 0 Å². The van der Waals surface area contributed by atoms with Crippen LogP contribution >= 0.6 is 0 Å². The molecule has 0 fully saturated rings. The summed E-state index contributed by atoms with van der Waals surface area (Å²) in [5, 5.41) is 0. The lowest BCUT2D eigenvalue weighted by molar-refractivity contribution is -0.144. The molecule has 5 nitrogen and oxygen atoms in total. The molecule has 2 N–H and O–H groups in total. The van der Waals surface area contributed by atoms with Crippen molar-refractivity contribution in [1.82, 2.24) is 9.97 Å². The predicted molar refractivity (Wildman–Crippen MR) is 95.4 cm³/mol. The molecule has 0 amide bonds. The Labute approximate surface area is 153 Å². The third kappa shape index (κ3) is 3.92. The van der Waals surface area contributed by atoms with Crippen LogP contribution in [0.5, 0.6) is 0 Å². The van der Waals surface area contributed by atoms with Gasteiger partial charge in [-0.1, -0.05) is 42.5 Å². The number of nitrogens with zero attached hydrogens (tertiary/aromatic N) is 2. The molecular formula is C18H14F3N3O2S. The summed E-state index contributed by atoms with van der Waals surface area (Å²) in [4.78, 5) is 7.13. The summed E-state index contributed by atoms with van der Waals surface area (Å²) in [6.07, 6.45) is -3.73. The topological polar surface area (TPSA) is 85.9 Å². The lowest BCUT2D eigenvalue weighted by Crippen LogP contribution is -2.14. The number of alkyl halides is 3. The van der Waals surface area contributed by atoms with E-state index < -0.39 is 21.8 Å². The van der Waals surface area contributed by atoms with E-state index in [1.165, 1.54) is 24.3 Å². The van der Waals surface area contributed by atoms with Crippen LogP contribution in [0.25, 0.3) is 22.4 Å². The summed E-state index contributed by atoms with van der Waals surface area (Å²) in [6.45, 7) is 0. The highest BCUT2D eigenvalue weighted by atomic mass is 32.2. The molecule has 0 spiro atoms. The van der Waals surface area contributed by atoms with Gasteiger partial charge in [-0.3, -0.25) is 0 Å². The summed E-state index contributed by atoms with van der Waals surface area (Å²) in [6, 6.07) is 13.9. The normalized spacial score (nSPS) is 12.1. The van der Waals surface area contributed by atoms with Crippen molar-refractivity contribution in [2.45, 2.75) is 11.1 Å². The second-order valence-electron chi connectivity index (χ2n) is 5.82. The van der Waals surface area contributed by atoms with E-state index in [1.807, 2.05) is 0 Å². The average Bonchev–Trinajstić information content (AvgIpc) is 2.60. The minimum absolute atomic E-state index is 0.0268. The SMILES string of the molecule is CS(=O)(=O)c1ccc(-c2nc(C(F)(F)F)nc(N)c2-c2ccccc2)cc1. The van der Waals surface area contributed by atoms with Gasteiger partial charge in [0.05, 0.1) is 16.2 Å². The first-order chi connectivity index (χ1) is 12.6. The first-order valence-electron chi connectivity index (χ1n) is 7.68. The molecule has 0 aliphatic rings. The number of hydrogen-bond acceptors (Lipinski definition) is 5. The molecule has 1 aromatic heterocycles. The van der Waals surface area contributed by atoms with Gasteiger partial charge in [0.25, 0.3) is 0 Å². The number of nitrogen functional groups attached to an aromatic ring is 1. The van der Waals surface area contributed by atoms with Gasteiger partial charge in [-0.2, -0.15) is 13.2 Å². The van der Waals surface area contributed by atoms with E-state index >= 15 is 0 Å². The molecule has 3 aromatic rings. The van der Waals surface area contributed by atoms with Crippen molar-refractivity contribution in [3.05, 3.63) is 60.4 Å². The zero-order valence-electron chi connectivity index (χ0n) is 14.0. The smallest absolute Gasteiger partial charge is 0.383 e. The van der Waals surface area contributed by atoms with E-state index in [9.17, 15) is 21.6 Å². The molecule has 27 heavy (non-hydrogen) atoms. The van der Waals surface area contributed by atoms with E-state index in [1.54, 1.807) is 30.3 Å². The Morgan fingerprint density at radius 2 is 1.48 bits per heavy atom. The van der Waals surface area contributed by atoms with Crippen LogP contribution in [-0.4, -0.2) is 24.6 Å². The lowest BCUT2D eigenvalue weighted by Gasteiger charge is -2.15. The molecule has 0 unspecified atom stereocenters. The van der Waals surface area contributed by atoms with Crippen LogP contribution in [0.1, 0.15) is 5.82 Å². The first-order valence-corrected chi connectivity index (χ1v) is 9.57. The molecule has 0 atom stereocenters. The average molecular weight is 393 g/mol. The zero-order chi connectivity index (χ0) is 19.8. The Balaban J connectivity index is 2.27. The van der Waals surface area contributed by atoms with Gasteiger partial charge in [0, 0.05) is 11.8 Å². The van der Waals surface area contributed by atoms with E-state index in [0.717, 1.165) is 6.26 Å². The molecule has 0 aliphatic carbocycles.